The molecule has 2 aliphatic rings. The molecule has 0 spiro atoms. The van der Waals surface area contributed by atoms with Gasteiger partial charge in [0, 0.05) is 33.2 Å². The van der Waals surface area contributed by atoms with E-state index >= 15 is 0 Å². The standard InChI is InChI=1S/C23H28N4O5/c1-15-20(16(2)32-24-15)23(30)27-14-19-21(28)25(11-12-31-3)9-10-26(19)22(29)18(27)13-17-7-5-4-6-8-17/h4-8,18-19H,9-14H2,1-3H3/t18-,19-/m0/s1. The summed E-state index contributed by atoms with van der Waals surface area (Å²) in [5.74, 6) is -0.296. The van der Waals surface area contributed by atoms with E-state index in [1.54, 1.807) is 30.8 Å². The molecule has 2 fully saturated rings. The van der Waals surface area contributed by atoms with Crippen molar-refractivity contribution < 1.29 is 23.6 Å². The summed E-state index contributed by atoms with van der Waals surface area (Å²) in [5, 5.41) is 3.90. The molecule has 3 amide bonds. The van der Waals surface area contributed by atoms with Gasteiger partial charge in [0.05, 0.1) is 18.8 Å². The van der Waals surface area contributed by atoms with Crippen LogP contribution >= 0.6 is 0 Å². The van der Waals surface area contributed by atoms with Crippen molar-refractivity contribution in [3.8, 4) is 0 Å². The van der Waals surface area contributed by atoms with Crippen molar-refractivity contribution in [2.75, 3.05) is 39.9 Å². The number of rotatable bonds is 6. The highest BCUT2D eigenvalue weighted by atomic mass is 16.5. The van der Waals surface area contributed by atoms with E-state index in [1.165, 1.54) is 4.90 Å². The van der Waals surface area contributed by atoms with E-state index in [0.29, 0.717) is 49.7 Å². The van der Waals surface area contributed by atoms with Crippen LogP contribution in [0.1, 0.15) is 27.4 Å². The minimum atomic E-state index is -0.704. The molecule has 170 valence electrons. The van der Waals surface area contributed by atoms with Crippen LogP contribution < -0.4 is 0 Å². The summed E-state index contributed by atoms with van der Waals surface area (Å²) < 4.78 is 10.3. The summed E-state index contributed by atoms with van der Waals surface area (Å²) in [5.41, 5.74) is 1.77. The SMILES string of the molecule is COCCN1CCN2C(=O)[C@H](Cc3ccccc3)N(C(=O)c3c(C)noc3C)C[C@H]2C1=O. The number of hydrogen-bond acceptors (Lipinski definition) is 6. The summed E-state index contributed by atoms with van der Waals surface area (Å²) in [6, 6.07) is 8.19. The predicted octanol–water partition coefficient (Wildman–Crippen LogP) is 1.04. The van der Waals surface area contributed by atoms with Gasteiger partial charge in [0.15, 0.2) is 0 Å². The summed E-state index contributed by atoms with van der Waals surface area (Å²) in [6.07, 6.45) is 0.375. The largest absolute Gasteiger partial charge is 0.383 e. The van der Waals surface area contributed by atoms with Crippen molar-refractivity contribution in [2.45, 2.75) is 32.4 Å². The maximum absolute atomic E-state index is 13.6. The fourth-order valence-electron chi connectivity index (χ4n) is 4.53. The maximum Gasteiger partial charge on any atom is 0.260 e. The molecule has 1 aromatic carbocycles. The fourth-order valence-corrected chi connectivity index (χ4v) is 4.53. The number of amides is 3. The molecule has 0 aliphatic carbocycles. The third-order valence-electron chi connectivity index (χ3n) is 6.24. The van der Waals surface area contributed by atoms with Crippen molar-refractivity contribution in [1.82, 2.24) is 19.9 Å². The molecule has 0 saturated carbocycles. The number of fused-ring (bicyclic) bond motifs is 1. The van der Waals surface area contributed by atoms with Gasteiger partial charge in [-0.05, 0) is 19.4 Å². The Kier molecular flexibility index (Phi) is 6.27. The first-order valence-corrected chi connectivity index (χ1v) is 10.8. The average molecular weight is 441 g/mol. The highest BCUT2D eigenvalue weighted by Crippen LogP contribution is 2.27. The van der Waals surface area contributed by atoms with Gasteiger partial charge in [-0.2, -0.15) is 0 Å². The summed E-state index contributed by atoms with van der Waals surface area (Å²) in [6.45, 7) is 5.29. The Morgan fingerprint density at radius 2 is 1.91 bits per heavy atom. The molecule has 2 atom stereocenters. The smallest absolute Gasteiger partial charge is 0.260 e. The van der Waals surface area contributed by atoms with Crippen LogP contribution in [0.5, 0.6) is 0 Å². The second kappa shape index (κ2) is 9.12. The van der Waals surface area contributed by atoms with Crippen LogP contribution in [0.15, 0.2) is 34.9 Å². The maximum atomic E-state index is 13.6. The first-order valence-electron chi connectivity index (χ1n) is 10.8. The lowest BCUT2D eigenvalue weighted by molar-refractivity contribution is -0.160. The molecular formula is C23H28N4O5. The van der Waals surface area contributed by atoms with E-state index in [4.69, 9.17) is 9.26 Å². The Hall–Kier alpha value is -3.20. The number of ether oxygens (including phenoxy) is 1. The number of carbonyl (C=O) groups excluding carboxylic acids is 3. The Bertz CT molecular complexity index is 986. The van der Waals surface area contributed by atoms with Crippen molar-refractivity contribution >= 4 is 17.7 Å². The Morgan fingerprint density at radius 1 is 1.16 bits per heavy atom. The first kappa shape index (κ1) is 22.0. The van der Waals surface area contributed by atoms with Gasteiger partial charge in [-0.1, -0.05) is 35.5 Å². The molecular weight excluding hydrogens is 412 g/mol. The molecule has 1 aromatic heterocycles. The molecule has 0 bridgehead atoms. The van der Waals surface area contributed by atoms with E-state index in [9.17, 15) is 14.4 Å². The van der Waals surface area contributed by atoms with E-state index in [1.807, 2.05) is 30.3 Å². The molecule has 2 aliphatic heterocycles. The topological polar surface area (TPSA) is 96.2 Å². The summed E-state index contributed by atoms with van der Waals surface area (Å²) in [4.78, 5) is 45.2. The quantitative estimate of drug-likeness (QED) is 0.666. The Balaban J connectivity index is 1.67. The lowest BCUT2D eigenvalue weighted by atomic mass is 9.95. The van der Waals surface area contributed by atoms with Crippen molar-refractivity contribution in [2.24, 2.45) is 0 Å². The first-order chi connectivity index (χ1) is 15.4. The molecule has 3 heterocycles. The predicted molar refractivity (Wildman–Crippen MR) is 115 cm³/mol. The number of hydrogen-bond donors (Lipinski definition) is 0. The van der Waals surface area contributed by atoms with Gasteiger partial charge in [-0.3, -0.25) is 14.4 Å². The van der Waals surface area contributed by atoms with Crippen molar-refractivity contribution in [1.29, 1.82) is 0 Å². The third kappa shape index (κ3) is 4.00. The van der Waals surface area contributed by atoms with Crippen molar-refractivity contribution in [3.05, 3.63) is 52.9 Å². The second-order valence-electron chi connectivity index (χ2n) is 8.23. The number of benzene rings is 1. The fraction of sp³-hybridized carbons (Fsp3) is 0.478. The van der Waals surface area contributed by atoms with E-state index in [0.717, 1.165) is 5.56 Å². The van der Waals surface area contributed by atoms with Gasteiger partial charge in [0.25, 0.3) is 5.91 Å². The average Bonchev–Trinajstić information content (AvgIpc) is 3.13. The van der Waals surface area contributed by atoms with Gasteiger partial charge in [0.1, 0.15) is 23.4 Å². The molecule has 4 rings (SSSR count). The molecule has 0 N–H and O–H groups in total. The van der Waals surface area contributed by atoms with E-state index < -0.39 is 12.1 Å². The number of nitrogens with zero attached hydrogens (tertiary/aromatic N) is 4. The molecule has 2 aromatic rings. The molecule has 32 heavy (non-hydrogen) atoms. The third-order valence-corrected chi connectivity index (χ3v) is 6.24. The number of piperazine rings is 2. The lowest BCUT2D eigenvalue weighted by Crippen LogP contribution is -2.70. The molecule has 9 nitrogen and oxygen atoms in total. The molecule has 0 radical (unpaired) electrons. The summed E-state index contributed by atoms with van der Waals surface area (Å²) in [7, 11) is 1.59. The highest BCUT2D eigenvalue weighted by Gasteiger charge is 2.48. The van der Waals surface area contributed by atoms with Crippen LogP contribution in [0, 0.1) is 13.8 Å². The number of carbonyl (C=O) groups is 3. The van der Waals surface area contributed by atoms with Crippen LogP contribution in [0.25, 0.3) is 0 Å². The second-order valence-corrected chi connectivity index (χ2v) is 8.23. The number of methoxy groups -OCH3 is 1. The molecule has 9 heteroatoms. The number of aryl methyl sites for hydroxylation is 2. The van der Waals surface area contributed by atoms with E-state index in [-0.39, 0.29) is 24.3 Å². The van der Waals surface area contributed by atoms with Crippen LogP contribution in [-0.2, 0) is 20.7 Å². The van der Waals surface area contributed by atoms with Crippen molar-refractivity contribution in [3.63, 3.8) is 0 Å². The molecule has 0 unspecified atom stereocenters. The zero-order chi connectivity index (χ0) is 22.8. The van der Waals surface area contributed by atoms with Crippen LogP contribution in [0.3, 0.4) is 0 Å². The van der Waals surface area contributed by atoms with Gasteiger partial charge in [-0.15, -0.1) is 0 Å². The van der Waals surface area contributed by atoms with Crippen LogP contribution in [-0.4, -0.2) is 89.6 Å². The zero-order valence-corrected chi connectivity index (χ0v) is 18.6. The highest BCUT2D eigenvalue weighted by molar-refractivity contribution is 6.02. The van der Waals surface area contributed by atoms with Gasteiger partial charge >= 0.3 is 0 Å². The molecule has 2 saturated heterocycles. The minimum Gasteiger partial charge on any atom is -0.383 e. The lowest BCUT2D eigenvalue weighted by Gasteiger charge is -2.49. The van der Waals surface area contributed by atoms with E-state index in [2.05, 4.69) is 5.16 Å². The van der Waals surface area contributed by atoms with Gasteiger partial charge < -0.3 is 24.0 Å². The Labute approximate surface area is 186 Å². The normalized spacial score (nSPS) is 21.2. The minimum absolute atomic E-state index is 0.133. The Morgan fingerprint density at radius 3 is 2.56 bits per heavy atom. The number of aromatic nitrogens is 1. The zero-order valence-electron chi connectivity index (χ0n) is 18.6. The van der Waals surface area contributed by atoms with Gasteiger partial charge in [0.2, 0.25) is 11.8 Å². The van der Waals surface area contributed by atoms with Crippen LogP contribution in [0.4, 0.5) is 0 Å². The summed E-state index contributed by atoms with van der Waals surface area (Å²) >= 11 is 0. The monoisotopic (exact) mass is 440 g/mol. The van der Waals surface area contributed by atoms with Gasteiger partial charge in [-0.25, -0.2) is 0 Å². The van der Waals surface area contributed by atoms with Crippen LogP contribution in [0.2, 0.25) is 0 Å².